The fourth-order valence-electron chi connectivity index (χ4n) is 4.04. The van der Waals surface area contributed by atoms with Crippen molar-refractivity contribution in [3.63, 3.8) is 0 Å². The number of hydrogen-bond acceptors (Lipinski definition) is 8. The van der Waals surface area contributed by atoms with Crippen LogP contribution in [0.3, 0.4) is 0 Å². The molecule has 8 nitrogen and oxygen atoms in total. The quantitative estimate of drug-likeness (QED) is 0.288. The van der Waals surface area contributed by atoms with E-state index in [1.54, 1.807) is 32.2 Å². The van der Waals surface area contributed by atoms with Gasteiger partial charge in [-0.1, -0.05) is 31.0 Å². The molecule has 1 saturated carbocycles. The smallest absolute Gasteiger partial charge is 0.348 e. The van der Waals surface area contributed by atoms with Crippen molar-refractivity contribution in [2.24, 2.45) is 0 Å². The zero-order valence-corrected chi connectivity index (χ0v) is 20.4. The van der Waals surface area contributed by atoms with Crippen molar-refractivity contribution in [1.82, 2.24) is 14.9 Å². The average Bonchev–Trinajstić information content (AvgIpc) is 3.43. The summed E-state index contributed by atoms with van der Waals surface area (Å²) in [5.41, 5.74) is 0.293. The third kappa shape index (κ3) is 5.33. The highest BCUT2D eigenvalue weighted by atomic mass is 32.2. The van der Waals surface area contributed by atoms with Crippen LogP contribution in [-0.2, 0) is 16.1 Å². The number of thiophene rings is 1. The molecule has 3 aromatic heterocycles. The summed E-state index contributed by atoms with van der Waals surface area (Å²) in [5, 5.41) is 3.91. The normalized spacial score (nSPS) is 14.5. The number of esters is 1. The molecule has 0 aliphatic heterocycles. The third-order valence-electron chi connectivity index (χ3n) is 5.67. The van der Waals surface area contributed by atoms with Crippen LogP contribution in [0.5, 0.6) is 0 Å². The lowest BCUT2D eigenvalue weighted by atomic mass is 9.95. The van der Waals surface area contributed by atoms with Gasteiger partial charge >= 0.3 is 5.97 Å². The summed E-state index contributed by atoms with van der Waals surface area (Å²) in [7, 11) is 0. The SMILES string of the molecule is CCOC(=O)c1sc2nc(SCC(=O)NC3CCCCC3)n(Cc3ccco3)c(=O)c2c1C. The lowest BCUT2D eigenvalue weighted by Crippen LogP contribution is -2.37. The number of carbonyl (C=O) groups is 2. The molecule has 0 atom stereocenters. The maximum Gasteiger partial charge on any atom is 0.348 e. The number of furan rings is 1. The van der Waals surface area contributed by atoms with Crippen LogP contribution >= 0.6 is 23.1 Å². The highest BCUT2D eigenvalue weighted by Crippen LogP contribution is 2.30. The van der Waals surface area contributed by atoms with Crippen LogP contribution in [0.25, 0.3) is 10.2 Å². The van der Waals surface area contributed by atoms with E-state index in [1.807, 2.05) is 0 Å². The number of thioether (sulfide) groups is 1. The molecule has 0 radical (unpaired) electrons. The van der Waals surface area contributed by atoms with Crippen LogP contribution in [0, 0.1) is 6.92 Å². The summed E-state index contributed by atoms with van der Waals surface area (Å²) >= 11 is 2.36. The lowest BCUT2D eigenvalue weighted by molar-refractivity contribution is -0.119. The summed E-state index contributed by atoms with van der Waals surface area (Å²) in [5.74, 6) is 0.225. The van der Waals surface area contributed by atoms with Crippen LogP contribution in [0.4, 0.5) is 0 Å². The van der Waals surface area contributed by atoms with Gasteiger partial charge in [0.2, 0.25) is 5.91 Å². The van der Waals surface area contributed by atoms with Gasteiger partial charge in [0.1, 0.15) is 15.5 Å². The summed E-state index contributed by atoms with van der Waals surface area (Å²) in [6, 6.07) is 3.76. The summed E-state index contributed by atoms with van der Waals surface area (Å²) in [4.78, 5) is 43.9. The second-order valence-electron chi connectivity index (χ2n) is 8.01. The molecule has 0 spiro atoms. The van der Waals surface area contributed by atoms with Crippen LogP contribution in [0.2, 0.25) is 0 Å². The molecule has 1 N–H and O–H groups in total. The lowest BCUT2D eigenvalue weighted by Gasteiger charge is -2.22. The average molecular weight is 490 g/mol. The first-order valence-corrected chi connectivity index (χ1v) is 12.9. The van der Waals surface area contributed by atoms with Crippen LogP contribution in [0.1, 0.15) is 60.0 Å². The molecule has 4 rings (SSSR count). The molecule has 1 aliphatic rings. The van der Waals surface area contributed by atoms with Crippen molar-refractivity contribution in [1.29, 1.82) is 0 Å². The molecule has 0 bridgehead atoms. The molecular formula is C23H27N3O5S2. The van der Waals surface area contributed by atoms with Gasteiger partial charge in [0.15, 0.2) is 5.16 Å². The van der Waals surface area contributed by atoms with Gasteiger partial charge in [-0.25, -0.2) is 9.78 Å². The first-order valence-electron chi connectivity index (χ1n) is 11.1. The number of hydrogen-bond donors (Lipinski definition) is 1. The fraction of sp³-hybridized carbons (Fsp3) is 0.478. The van der Waals surface area contributed by atoms with Crippen LogP contribution in [-0.4, -0.2) is 39.8 Å². The number of ether oxygens (including phenoxy) is 1. The molecule has 10 heteroatoms. The van der Waals surface area contributed by atoms with E-state index < -0.39 is 5.97 Å². The van der Waals surface area contributed by atoms with Crippen LogP contribution in [0.15, 0.2) is 32.8 Å². The second kappa shape index (κ2) is 10.6. The Morgan fingerprint density at radius 1 is 1.33 bits per heavy atom. The Morgan fingerprint density at radius 3 is 2.82 bits per heavy atom. The molecule has 3 heterocycles. The van der Waals surface area contributed by atoms with Gasteiger partial charge in [-0.15, -0.1) is 11.3 Å². The Bertz CT molecular complexity index is 1190. The predicted molar refractivity (Wildman–Crippen MR) is 128 cm³/mol. The standard InChI is InChI=1S/C23H27N3O5S2/c1-3-30-22(29)19-14(2)18-20(33-19)25-23(26(21(18)28)12-16-10-7-11-31-16)32-13-17(27)24-15-8-5-4-6-9-15/h7,10-11,15H,3-6,8-9,12-13H2,1-2H3,(H,24,27). The topological polar surface area (TPSA) is 103 Å². The van der Waals surface area contributed by atoms with Crippen molar-refractivity contribution < 1.29 is 18.7 Å². The maximum atomic E-state index is 13.5. The van der Waals surface area contributed by atoms with Gasteiger partial charge in [0.05, 0.1) is 30.6 Å². The highest BCUT2D eigenvalue weighted by molar-refractivity contribution is 7.99. The number of aromatic nitrogens is 2. The van der Waals surface area contributed by atoms with Gasteiger partial charge in [-0.05, 0) is 44.4 Å². The Kier molecular flexibility index (Phi) is 7.54. The maximum absolute atomic E-state index is 13.5. The molecule has 1 aliphatic carbocycles. The fourth-order valence-corrected chi connectivity index (χ4v) is 5.97. The van der Waals surface area contributed by atoms with Gasteiger partial charge in [-0.3, -0.25) is 14.2 Å². The van der Waals surface area contributed by atoms with E-state index in [0.717, 1.165) is 37.0 Å². The van der Waals surface area contributed by atoms with Crippen molar-refractivity contribution in [3.8, 4) is 0 Å². The van der Waals surface area contributed by atoms with E-state index in [9.17, 15) is 14.4 Å². The number of nitrogens with zero attached hydrogens (tertiary/aromatic N) is 2. The van der Waals surface area contributed by atoms with E-state index in [4.69, 9.17) is 9.15 Å². The van der Waals surface area contributed by atoms with E-state index in [2.05, 4.69) is 10.3 Å². The van der Waals surface area contributed by atoms with Crippen LogP contribution < -0.4 is 10.9 Å². The number of fused-ring (bicyclic) bond motifs is 1. The zero-order chi connectivity index (χ0) is 23.4. The van der Waals surface area contributed by atoms with Gasteiger partial charge < -0.3 is 14.5 Å². The summed E-state index contributed by atoms with van der Waals surface area (Å²) in [6.45, 7) is 3.91. The van der Waals surface area contributed by atoms with Crippen molar-refractivity contribution in [2.45, 2.75) is 63.7 Å². The summed E-state index contributed by atoms with van der Waals surface area (Å²) < 4.78 is 12.1. The first-order chi connectivity index (χ1) is 16.0. The molecule has 33 heavy (non-hydrogen) atoms. The van der Waals surface area contributed by atoms with Crippen molar-refractivity contribution >= 4 is 45.2 Å². The Morgan fingerprint density at radius 2 is 2.12 bits per heavy atom. The molecule has 3 aromatic rings. The predicted octanol–water partition coefficient (Wildman–Crippen LogP) is 4.13. The first kappa shape index (κ1) is 23.6. The van der Waals surface area contributed by atoms with Crippen molar-refractivity contribution in [2.75, 3.05) is 12.4 Å². The van der Waals surface area contributed by atoms with E-state index in [1.165, 1.54) is 22.7 Å². The van der Waals surface area contributed by atoms with Gasteiger partial charge in [0, 0.05) is 6.04 Å². The van der Waals surface area contributed by atoms with Gasteiger partial charge in [0.25, 0.3) is 5.56 Å². The molecule has 176 valence electrons. The zero-order valence-electron chi connectivity index (χ0n) is 18.7. The largest absolute Gasteiger partial charge is 0.467 e. The number of rotatable bonds is 8. The van der Waals surface area contributed by atoms with E-state index >= 15 is 0 Å². The Hall–Kier alpha value is -2.59. The molecule has 0 aromatic carbocycles. The molecule has 0 unspecified atom stereocenters. The minimum Gasteiger partial charge on any atom is -0.467 e. The van der Waals surface area contributed by atoms with Crippen molar-refractivity contribution in [3.05, 3.63) is 45.0 Å². The molecule has 1 amide bonds. The molecule has 1 fully saturated rings. The second-order valence-corrected chi connectivity index (χ2v) is 9.95. The minimum absolute atomic E-state index is 0.0691. The highest BCUT2D eigenvalue weighted by Gasteiger charge is 2.23. The summed E-state index contributed by atoms with van der Waals surface area (Å²) in [6.07, 6.45) is 7.06. The van der Waals surface area contributed by atoms with E-state index in [-0.39, 0.29) is 36.4 Å². The molecule has 0 saturated heterocycles. The third-order valence-corrected chi connectivity index (χ3v) is 7.81. The Balaban J connectivity index is 1.64. The van der Waals surface area contributed by atoms with E-state index in [0.29, 0.717) is 31.6 Å². The number of carbonyl (C=O) groups excluding carboxylic acids is 2. The monoisotopic (exact) mass is 489 g/mol. The molecular weight excluding hydrogens is 462 g/mol. The van der Waals surface area contributed by atoms with Gasteiger partial charge in [-0.2, -0.15) is 0 Å². The Labute approximate surface area is 199 Å². The number of aryl methyl sites for hydroxylation is 1. The number of amides is 1. The number of nitrogens with one attached hydrogen (secondary N) is 1. The minimum atomic E-state index is -0.462.